The van der Waals surface area contributed by atoms with Crippen molar-refractivity contribution >= 4 is 5.69 Å². The molecule has 3 heterocycles. The smallest absolute Gasteiger partial charge is 0.146 e. The highest BCUT2D eigenvalue weighted by atomic mass is 19.1. The first-order chi connectivity index (χ1) is 12.7. The molecule has 1 aromatic heterocycles. The quantitative estimate of drug-likeness (QED) is 0.840. The number of aromatic nitrogens is 2. The largest absolute Gasteiger partial charge is 0.367 e. The molecule has 2 aliphatic heterocycles. The van der Waals surface area contributed by atoms with E-state index in [4.69, 9.17) is 0 Å². The van der Waals surface area contributed by atoms with E-state index in [1.165, 1.54) is 24.9 Å². The Morgan fingerprint density at radius 1 is 1.12 bits per heavy atom. The predicted molar refractivity (Wildman–Crippen MR) is 102 cm³/mol. The third-order valence-corrected chi connectivity index (χ3v) is 5.67. The van der Waals surface area contributed by atoms with E-state index in [1.54, 1.807) is 12.1 Å². The molecule has 0 unspecified atom stereocenters. The molecule has 2 aliphatic rings. The summed E-state index contributed by atoms with van der Waals surface area (Å²) in [7, 11) is 1.97. The number of hydrogen-bond donors (Lipinski definition) is 0. The summed E-state index contributed by atoms with van der Waals surface area (Å²) in [6, 6.07) is 7.74. The number of halogens is 1. The average molecular weight is 357 g/mol. The summed E-state index contributed by atoms with van der Waals surface area (Å²) in [5.41, 5.74) is 2.03. The Morgan fingerprint density at radius 2 is 1.92 bits per heavy atom. The highest BCUT2D eigenvalue weighted by Gasteiger charge is 2.28. The van der Waals surface area contributed by atoms with Gasteiger partial charge in [-0.3, -0.25) is 14.5 Å². The molecule has 1 atom stereocenters. The van der Waals surface area contributed by atoms with Crippen molar-refractivity contribution in [1.29, 1.82) is 0 Å². The number of benzene rings is 1. The van der Waals surface area contributed by atoms with Crippen molar-refractivity contribution in [3.63, 3.8) is 0 Å². The number of aryl methyl sites for hydroxylation is 1. The zero-order chi connectivity index (χ0) is 17.9. The minimum Gasteiger partial charge on any atom is -0.367 e. The second-order valence-corrected chi connectivity index (χ2v) is 7.53. The highest BCUT2D eigenvalue weighted by molar-refractivity contribution is 5.48. The van der Waals surface area contributed by atoms with Gasteiger partial charge in [-0.05, 0) is 31.5 Å². The van der Waals surface area contributed by atoms with Crippen molar-refractivity contribution in [2.24, 2.45) is 7.05 Å². The normalized spacial score (nSPS) is 22.7. The lowest BCUT2D eigenvalue weighted by Gasteiger charge is -2.44. The van der Waals surface area contributed by atoms with Gasteiger partial charge in [-0.25, -0.2) is 4.39 Å². The van der Waals surface area contributed by atoms with Crippen molar-refractivity contribution < 1.29 is 4.39 Å². The molecule has 4 rings (SSSR count). The van der Waals surface area contributed by atoms with Crippen LogP contribution in [0.5, 0.6) is 0 Å². The number of hydrogen-bond acceptors (Lipinski definition) is 4. The molecule has 0 N–H and O–H groups in total. The minimum absolute atomic E-state index is 0.110. The molecule has 0 saturated carbocycles. The summed E-state index contributed by atoms with van der Waals surface area (Å²) < 4.78 is 15.9. The molecule has 0 bridgehead atoms. The van der Waals surface area contributed by atoms with Gasteiger partial charge in [0, 0.05) is 64.1 Å². The molecule has 140 valence electrons. The Balaban J connectivity index is 1.32. The van der Waals surface area contributed by atoms with E-state index >= 15 is 0 Å². The van der Waals surface area contributed by atoms with E-state index < -0.39 is 0 Å². The van der Waals surface area contributed by atoms with Gasteiger partial charge in [0.1, 0.15) is 5.82 Å². The number of nitrogens with zero attached hydrogens (tertiary/aromatic N) is 5. The Hall–Kier alpha value is -1.92. The van der Waals surface area contributed by atoms with Crippen LogP contribution in [0.3, 0.4) is 0 Å². The number of piperidine rings is 1. The fourth-order valence-corrected chi connectivity index (χ4v) is 4.32. The molecule has 2 fully saturated rings. The maximum atomic E-state index is 14.0. The standard InChI is InChI=1S/C20H28FN5/c1-23-14-17(13-22-23)15-24-8-4-5-18(16-24)25-9-11-26(12-10-25)20-7-3-2-6-19(20)21/h2-3,6-7,13-14,18H,4-5,8-12,15-16H2,1H3/t18-/m0/s1. The van der Waals surface area contributed by atoms with Gasteiger partial charge >= 0.3 is 0 Å². The van der Waals surface area contributed by atoms with Crippen molar-refractivity contribution in [3.05, 3.63) is 48.0 Å². The SMILES string of the molecule is Cn1cc(CN2CCC[C@H](N3CCN(c4ccccc4F)CC3)C2)cn1. The lowest BCUT2D eigenvalue weighted by Crippen LogP contribution is -2.55. The first-order valence-electron chi connectivity index (χ1n) is 9.62. The van der Waals surface area contributed by atoms with Gasteiger partial charge in [0.2, 0.25) is 0 Å². The Bertz CT molecular complexity index is 722. The second-order valence-electron chi connectivity index (χ2n) is 7.53. The van der Waals surface area contributed by atoms with Crippen LogP contribution in [-0.4, -0.2) is 64.9 Å². The van der Waals surface area contributed by atoms with Gasteiger partial charge < -0.3 is 4.90 Å². The van der Waals surface area contributed by atoms with E-state index in [2.05, 4.69) is 26.0 Å². The van der Waals surface area contributed by atoms with Gasteiger partial charge in [-0.2, -0.15) is 5.10 Å². The second kappa shape index (κ2) is 7.76. The van der Waals surface area contributed by atoms with Crippen LogP contribution in [0.4, 0.5) is 10.1 Å². The van der Waals surface area contributed by atoms with Crippen LogP contribution in [0.1, 0.15) is 18.4 Å². The summed E-state index contributed by atoms with van der Waals surface area (Å²) in [5.74, 6) is -0.110. The van der Waals surface area contributed by atoms with Crippen molar-refractivity contribution in [2.75, 3.05) is 44.2 Å². The van der Waals surface area contributed by atoms with Crippen LogP contribution in [0.25, 0.3) is 0 Å². The first-order valence-corrected chi connectivity index (χ1v) is 9.62. The molecule has 6 heteroatoms. The van der Waals surface area contributed by atoms with E-state index in [1.807, 2.05) is 30.1 Å². The minimum atomic E-state index is -0.110. The predicted octanol–water partition coefficient (Wildman–Crippen LogP) is 2.35. The molecule has 0 amide bonds. The molecule has 0 aliphatic carbocycles. The summed E-state index contributed by atoms with van der Waals surface area (Å²) in [4.78, 5) is 7.34. The van der Waals surface area contributed by atoms with Gasteiger partial charge in [0.15, 0.2) is 0 Å². The van der Waals surface area contributed by atoms with Crippen LogP contribution in [0.15, 0.2) is 36.7 Å². The molecule has 5 nitrogen and oxygen atoms in total. The van der Waals surface area contributed by atoms with Crippen LogP contribution in [0.2, 0.25) is 0 Å². The van der Waals surface area contributed by atoms with Crippen molar-refractivity contribution in [2.45, 2.75) is 25.4 Å². The molecule has 0 radical (unpaired) electrons. The van der Waals surface area contributed by atoms with Crippen LogP contribution in [0, 0.1) is 5.82 Å². The summed E-state index contributed by atoms with van der Waals surface area (Å²) >= 11 is 0. The Labute approximate surface area is 155 Å². The number of rotatable bonds is 4. The third kappa shape index (κ3) is 3.91. The summed E-state index contributed by atoms with van der Waals surface area (Å²) in [6.07, 6.45) is 6.59. The average Bonchev–Trinajstić information content (AvgIpc) is 3.07. The molecule has 2 aromatic rings. The molecule has 26 heavy (non-hydrogen) atoms. The maximum absolute atomic E-state index is 14.0. The topological polar surface area (TPSA) is 27.5 Å². The highest BCUT2D eigenvalue weighted by Crippen LogP contribution is 2.23. The number of para-hydroxylation sites is 1. The molecular formula is C20H28FN5. The van der Waals surface area contributed by atoms with Crippen LogP contribution in [-0.2, 0) is 13.6 Å². The summed E-state index contributed by atoms with van der Waals surface area (Å²) in [5, 5.41) is 4.28. The fraction of sp³-hybridized carbons (Fsp3) is 0.550. The van der Waals surface area contributed by atoms with Crippen LogP contribution < -0.4 is 4.90 Å². The summed E-state index contributed by atoms with van der Waals surface area (Å²) in [6.45, 7) is 7.11. The third-order valence-electron chi connectivity index (χ3n) is 5.67. The number of likely N-dealkylation sites (tertiary alicyclic amines) is 1. The van der Waals surface area contributed by atoms with Crippen molar-refractivity contribution in [1.82, 2.24) is 19.6 Å². The van der Waals surface area contributed by atoms with Gasteiger partial charge in [-0.1, -0.05) is 12.1 Å². The number of anilines is 1. The fourth-order valence-electron chi connectivity index (χ4n) is 4.32. The van der Waals surface area contributed by atoms with Crippen molar-refractivity contribution in [3.8, 4) is 0 Å². The molecule has 1 aromatic carbocycles. The van der Waals surface area contributed by atoms with E-state index in [0.29, 0.717) is 6.04 Å². The van der Waals surface area contributed by atoms with Gasteiger partial charge in [0.05, 0.1) is 11.9 Å². The first kappa shape index (κ1) is 17.5. The monoisotopic (exact) mass is 357 g/mol. The van der Waals surface area contributed by atoms with E-state index in [9.17, 15) is 4.39 Å². The molecule has 0 spiro atoms. The van der Waals surface area contributed by atoms with E-state index in [-0.39, 0.29) is 5.82 Å². The molecular weight excluding hydrogens is 329 g/mol. The van der Waals surface area contributed by atoms with Gasteiger partial charge in [-0.15, -0.1) is 0 Å². The Morgan fingerprint density at radius 3 is 2.65 bits per heavy atom. The van der Waals surface area contributed by atoms with Crippen LogP contribution >= 0.6 is 0 Å². The lowest BCUT2D eigenvalue weighted by atomic mass is 10.0. The van der Waals surface area contributed by atoms with E-state index in [0.717, 1.165) is 45.0 Å². The lowest BCUT2D eigenvalue weighted by molar-refractivity contribution is 0.0887. The zero-order valence-electron chi connectivity index (χ0n) is 15.5. The Kier molecular flexibility index (Phi) is 5.22. The zero-order valence-corrected chi connectivity index (χ0v) is 15.5. The number of piperazine rings is 1. The van der Waals surface area contributed by atoms with Gasteiger partial charge in [0.25, 0.3) is 0 Å². The maximum Gasteiger partial charge on any atom is 0.146 e. The molecule has 2 saturated heterocycles.